The standard InChI is InChI=1S/C12H12F3N3/c1-6-12(7(2)18-17-6)16-5-8-3-10(14)11(15)4-9(8)13/h3-4,16H,5H2,1-2H3,(H,17,18). The Kier molecular flexibility index (Phi) is 3.27. The van der Waals surface area contributed by atoms with Crippen LogP contribution in [0.2, 0.25) is 0 Å². The predicted molar refractivity (Wildman–Crippen MR) is 61.7 cm³/mol. The summed E-state index contributed by atoms with van der Waals surface area (Å²) in [4.78, 5) is 0. The van der Waals surface area contributed by atoms with E-state index in [0.29, 0.717) is 6.07 Å². The van der Waals surface area contributed by atoms with Crippen molar-refractivity contribution in [2.45, 2.75) is 20.4 Å². The van der Waals surface area contributed by atoms with E-state index in [9.17, 15) is 13.2 Å². The minimum atomic E-state index is -1.19. The average molecular weight is 255 g/mol. The highest BCUT2D eigenvalue weighted by Crippen LogP contribution is 2.19. The Hall–Kier alpha value is -1.98. The zero-order valence-electron chi connectivity index (χ0n) is 9.94. The molecular formula is C12H12F3N3. The molecule has 0 bridgehead atoms. The molecule has 6 heteroatoms. The van der Waals surface area contributed by atoms with Gasteiger partial charge in [0.1, 0.15) is 5.82 Å². The van der Waals surface area contributed by atoms with E-state index < -0.39 is 17.5 Å². The van der Waals surface area contributed by atoms with Crippen molar-refractivity contribution in [3.05, 3.63) is 46.5 Å². The number of anilines is 1. The van der Waals surface area contributed by atoms with Crippen LogP contribution in [-0.4, -0.2) is 10.2 Å². The van der Waals surface area contributed by atoms with Gasteiger partial charge in [-0.3, -0.25) is 5.10 Å². The SMILES string of the molecule is Cc1n[nH]c(C)c1NCc1cc(F)c(F)cc1F. The fourth-order valence-corrected chi connectivity index (χ4v) is 1.69. The molecule has 0 atom stereocenters. The normalized spacial score (nSPS) is 10.7. The Balaban J connectivity index is 2.18. The van der Waals surface area contributed by atoms with Gasteiger partial charge in [0.2, 0.25) is 0 Å². The topological polar surface area (TPSA) is 40.7 Å². The minimum absolute atomic E-state index is 0.0598. The van der Waals surface area contributed by atoms with Crippen LogP contribution in [0.15, 0.2) is 12.1 Å². The summed E-state index contributed by atoms with van der Waals surface area (Å²) >= 11 is 0. The molecule has 1 aromatic heterocycles. The molecule has 3 nitrogen and oxygen atoms in total. The van der Waals surface area contributed by atoms with Crippen molar-refractivity contribution in [1.82, 2.24) is 10.2 Å². The molecule has 2 rings (SSSR count). The zero-order valence-corrected chi connectivity index (χ0v) is 9.94. The quantitative estimate of drug-likeness (QED) is 0.827. The van der Waals surface area contributed by atoms with Gasteiger partial charge in [-0.15, -0.1) is 0 Å². The Morgan fingerprint density at radius 1 is 1.11 bits per heavy atom. The lowest BCUT2D eigenvalue weighted by atomic mass is 10.2. The lowest BCUT2D eigenvalue weighted by Gasteiger charge is -2.08. The Morgan fingerprint density at radius 2 is 1.78 bits per heavy atom. The number of hydrogen-bond donors (Lipinski definition) is 2. The fourth-order valence-electron chi connectivity index (χ4n) is 1.69. The fraction of sp³-hybridized carbons (Fsp3) is 0.250. The van der Waals surface area contributed by atoms with Crippen molar-refractivity contribution < 1.29 is 13.2 Å². The summed E-state index contributed by atoms with van der Waals surface area (Å²) in [7, 11) is 0. The van der Waals surface area contributed by atoms with E-state index in [1.807, 2.05) is 6.92 Å². The number of aromatic nitrogens is 2. The summed E-state index contributed by atoms with van der Waals surface area (Å²) in [6.45, 7) is 3.65. The molecule has 96 valence electrons. The maximum atomic E-state index is 13.4. The van der Waals surface area contributed by atoms with E-state index in [0.717, 1.165) is 23.1 Å². The van der Waals surface area contributed by atoms with Crippen molar-refractivity contribution >= 4 is 5.69 Å². The molecule has 0 spiro atoms. The van der Waals surface area contributed by atoms with Crippen LogP contribution in [0, 0.1) is 31.3 Å². The maximum Gasteiger partial charge on any atom is 0.161 e. The zero-order chi connectivity index (χ0) is 13.3. The second-order valence-corrected chi connectivity index (χ2v) is 4.02. The molecule has 0 aliphatic heterocycles. The highest BCUT2D eigenvalue weighted by atomic mass is 19.2. The first-order valence-corrected chi connectivity index (χ1v) is 5.38. The summed E-state index contributed by atoms with van der Waals surface area (Å²) in [5.74, 6) is -3.03. The monoisotopic (exact) mass is 255 g/mol. The van der Waals surface area contributed by atoms with E-state index in [-0.39, 0.29) is 12.1 Å². The summed E-state index contributed by atoms with van der Waals surface area (Å²) in [6, 6.07) is 1.39. The van der Waals surface area contributed by atoms with Gasteiger partial charge in [0.25, 0.3) is 0 Å². The molecule has 0 amide bonds. The van der Waals surface area contributed by atoms with Crippen LogP contribution >= 0.6 is 0 Å². The molecule has 0 unspecified atom stereocenters. The second kappa shape index (κ2) is 4.72. The van der Waals surface area contributed by atoms with Gasteiger partial charge in [-0.25, -0.2) is 13.2 Å². The number of hydrogen-bond acceptors (Lipinski definition) is 2. The lowest BCUT2D eigenvalue weighted by molar-refractivity contribution is 0.490. The second-order valence-electron chi connectivity index (χ2n) is 4.02. The first-order valence-electron chi connectivity index (χ1n) is 5.38. The van der Waals surface area contributed by atoms with Crippen molar-refractivity contribution in [2.75, 3.05) is 5.32 Å². The first kappa shape index (κ1) is 12.5. The van der Waals surface area contributed by atoms with Crippen LogP contribution in [0.3, 0.4) is 0 Å². The van der Waals surface area contributed by atoms with Gasteiger partial charge in [-0.1, -0.05) is 0 Å². The Labute approximate surface area is 102 Å². The van der Waals surface area contributed by atoms with Crippen LogP contribution in [-0.2, 0) is 6.54 Å². The molecule has 0 radical (unpaired) electrons. The lowest BCUT2D eigenvalue weighted by Crippen LogP contribution is -2.04. The molecule has 18 heavy (non-hydrogen) atoms. The van der Waals surface area contributed by atoms with E-state index in [4.69, 9.17) is 0 Å². The molecule has 0 fully saturated rings. The first-order chi connectivity index (χ1) is 8.49. The van der Waals surface area contributed by atoms with Gasteiger partial charge in [0.05, 0.1) is 17.1 Å². The van der Waals surface area contributed by atoms with Crippen molar-refractivity contribution in [3.8, 4) is 0 Å². The smallest absolute Gasteiger partial charge is 0.161 e. The van der Waals surface area contributed by atoms with Gasteiger partial charge in [0, 0.05) is 18.2 Å². The molecule has 1 aromatic carbocycles. The molecule has 2 aromatic rings. The van der Waals surface area contributed by atoms with E-state index in [2.05, 4.69) is 15.5 Å². The Morgan fingerprint density at radius 3 is 2.39 bits per heavy atom. The Bertz CT molecular complexity index is 559. The van der Waals surface area contributed by atoms with Crippen LogP contribution in [0.1, 0.15) is 17.0 Å². The number of H-pyrrole nitrogens is 1. The predicted octanol–water partition coefficient (Wildman–Crippen LogP) is 3.06. The van der Waals surface area contributed by atoms with Crippen LogP contribution < -0.4 is 5.32 Å². The summed E-state index contributed by atoms with van der Waals surface area (Å²) < 4.78 is 39.1. The molecule has 0 saturated carbocycles. The minimum Gasteiger partial charge on any atom is -0.378 e. The third-order valence-electron chi connectivity index (χ3n) is 2.67. The number of aryl methyl sites for hydroxylation is 2. The summed E-state index contributed by atoms with van der Waals surface area (Å²) in [6.07, 6.45) is 0. The largest absolute Gasteiger partial charge is 0.378 e. The number of nitrogens with zero attached hydrogens (tertiary/aromatic N) is 1. The number of benzene rings is 1. The van der Waals surface area contributed by atoms with Crippen molar-refractivity contribution in [1.29, 1.82) is 0 Å². The summed E-state index contributed by atoms with van der Waals surface area (Å²) in [5.41, 5.74) is 2.33. The van der Waals surface area contributed by atoms with E-state index in [1.54, 1.807) is 6.92 Å². The molecule has 0 aliphatic carbocycles. The molecular weight excluding hydrogens is 243 g/mol. The van der Waals surface area contributed by atoms with Gasteiger partial charge >= 0.3 is 0 Å². The molecule has 0 aliphatic rings. The number of nitrogens with one attached hydrogen (secondary N) is 2. The highest BCUT2D eigenvalue weighted by Gasteiger charge is 2.11. The van der Waals surface area contributed by atoms with Gasteiger partial charge in [-0.2, -0.15) is 5.10 Å². The number of halogens is 3. The van der Waals surface area contributed by atoms with Gasteiger partial charge in [-0.05, 0) is 19.9 Å². The highest BCUT2D eigenvalue weighted by molar-refractivity contribution is 5.51. The van der Waals surface area contributed by atoms with Crippen LogP contribution in [0.5, 0.6) is 0 Å². The van der Waals surface area contributed by atoms with Crippen molar-refractivity contribution in [3.63, 3.8) is 0 Å². The molecule has 2 N–H and O–H groups in total. The third-order valence-corrected chi connectivity index (χ3v) is 2.67. The third kappa shape index (κ3) is 2.32. The van der Waals surface area contributed by atoms with E-state index in [1.165, 1.54) is 0 Å². The molecule has 1 heterocycles. The molecule has 0 saturated heterocycles. The number of rotatable bonds is 3. The summed E-state index contributed by atoms with van der Waals surface area (Å²) in [5, 5.41) is 9.68. The van der Waals surface area contributed by atoms with Crippen LogP contribution in [0.25, 0.3) is 0 Å². The van der Waals surface area contributed by atoms with Crippen LogP contribution in [0.4, 0.5) is 18.9 Å². The maximum absolute atomic E-state index is 13.4. The van der Waals surface area contributed by atoms with Gasteiger partial charge < -0.3 is 5.32 Å². The van der Waals surface area contributed by atoms with E-state index >= 15 is 0 Å². The van der Waals surface area contributed by atoms with Crippen molar-refractivity contribution in [2.24, 2.45) is 0 Å². The number of aromatic amines is 1. The van der Waals surface area contributed by atoms with Gasteiger partial charge in [0.15, 0.2) is 11.6 Å². The average Bonchev–Trinajstić information content (AvgIpc) is 2.62.